The summed E-state index contributed by atoms with van der Waals surface area (Å²) in [6.45, 7) is 0. The number of alkyl halides is 3. The highest BCUT2D eigenvalue weighted by atomic mass is 32.2. The van der Waals surface area contributed by atoms with Crippen molar-refractivity contribution in [3.8, 4) is 0 Å². The zero-order valence-corrected chi connectivity index (χ0v) is 19.0. The lowest BCUT2D eigenvalue weighted by atomic mass is 10.1. The molecule has 1 N–H and O–H groups in total. The Morgan fingerprint density at radius 1 is 1.09 bits per heavy atom. The molecule has 0 fully saturated rings. The predicted octanol–water partition coefficient (Wildman–Crippen LogP) is 5.96. The third-order valence-electron chi connectivity index (χ3n) is 4.86. The number of hydrogen-bond acceptors (Lipinski definition) is 5. The Balaban J connectivity index is 1.58. The first-order valence-electron chi connectivity index (χ1n) is 9.91. The lowest BCUT2D eigenvalue weighted by Gasteiger charge is -2.17. The van der Waals surface area contributed by atoms with E-state index in [1.54, 1.807) is 35.6 Å². The molecule has 0 saturated heterocycles. The van der Waals surface area contributed by atoms with Crippen molar-refractivity contribution in [3.05, 3.63) is 93.9 Å². The highest BCUT2D eigenvalue weighted by molar-refractivity contribution is 8.00. The molecule has 4 aromatic rings. The molecule has 2 aromatic carbocycles. The fraction of sp³-hybridized carbons (Fsp3) is 0.174. The van der Waals surface area contributed by atoms with Crippen molar-refractivity contribution in [2.24, 2.45) is 7.05 Å². The van der Waals surface area contributed by atoms with E-state index in [1.165, 1.54) is 23.9 Å². The van der Waals surface area contributed by atoms with Crippen molar-refractivity contribution >= 4 is 34.7 Å². The number of thioether (sulfide) groups is 1. The van der Waals surface area contributed by atoms with E-state index in [0.29, 0.717) is 17.1 Å². The van der Waals surface area contributed by atoms with Gasteiger partial charge in [-0.3, -0.25) is 4.79 Å². The van der Waals surface area contributed by atoms with Gasteiger partial charge in [0.2, 0.25) is 5.91 Å². The molecule has 5 nitrogen and oxygen atoms in total. The summed E-state index contributed by atoms with van der Waals surface area (Å²) in [5.41, 5.74) is -0.0433. The first kappa shape index (κ1) is 23.1. The molecule has 10 heteroatoms. The topological polar surface area (TPSA) is 59.8 Å². The van der Waals surface area contributed by atoms with E-state index in [9.17, 15) is 18.0 Å². The average Bonchev–Trinajstić information content (AvgIpc) is 3.43. The normalized spacial score (nSPS) is 12.5. The third-order valence-corrected chi connectivity index (χ3v) is 7.02. The number of benzene rings is 2. The highest BCUT2D eigenvalue weighted by Crippen LogP contribution is 2.36. The number of anilines is 1. The van der Waals surface area contributed by atoms with Gasteiger partial charge in [0.1, 0.15) is 11.1 Å². The molecule has 0 spiro atoms. The Morgan fingerprint density at radius 2 is 1.88 bits per heavy atom. The molecule has 0 aliphatic carbocycles. The monoisotopic (exact) mass is 488 g/mol. The predicted molar refractivity (Wildman–Crippen MR) is 123 cm³/mol. The minimum atomic E-state index is -4.49. The molecule has 0 aliphatic heterocycles. The van der Waals surface area contributed by atoms with Crippen molar-refractivity contribution in [3.63, 3.8) is 0 Å². The molecule has 33 heavy (non-hydrogen) atoms. The van der Waals surface area contributed by atoms with Crippen LogP contribution in [0.4, 0.5) is 18.9 Å². The second-order valence-electron chi connectivity index (χ2n) is 7.19. The Kier molecular flexibility index (Phi) is 6.85. The van der Waals surface area contributed by atoms with Gasteiger partial charge in [-0.2, -0.15) is 13.2 Å². The SMILES string of the molecule is Cn1c(Cc2cccs2)nnc1SC(C(=O)Nc1cccc(C(F)(F)F)c1)c1ccccc1. The van der Waals surface area contributed by atoms with Crippen molar-refractivity contribution in [1.82, 2.24) is 14.8 Å². The molecule has 0 bridgehead atoms. The van der Waals surface area contributed by atoms with Crippen LogP contribution < -0.4 is 5.32 Å². The number of halogens is 3. The number of nitrogens with one attached hydrogen (secondary N) is 1. The van der Waals surface area contributed by atoms with Crippen molar-refractivity contribution in [2.75, 3.05) is 5.32 Å². The number of aromatic nitrogens is 3. The summed E-state index contributed by atoms with van der Waals surface area (Å²) in [6, 6.07) is 17.6. The van der Waals surface area contributed by atoms with Crippen molar-refractivity contribution in [1.29, 1.82) is 0 Å². The van der Waals surface area contributed by atoms with E-state index < -0.39 is 22.9 Å². The Bertz CT molecular complexity index is 1220. The maximum absolute atomic E-state index is 13.2. The van der Waals surface area contributed by atoms with E-state index in [1.807, 2.05) is 35.2 Å². The van der Waals surface area contributed by atoms with Gasteiger partial charge in [0.05, 0.1) is 5.56 Å². The molecule has 0 saturated carbocycles. The number of carbonyl (C=O) groups excluding carboxylic acids is 1. The summed E-state index contributed by atoms with van der Waals surface area (Å²) in [5.74, 6) is 0.304. The van der Waals surface area contributed by atoms with Crippen LogP contribution in [0.25, 0.3) is 0 Å². The quantitative estimate of drug-likeness (QED) is 0.326. The van der Waals surface area contributed by atoms with Crippen LogP contribution in [0.5, 0.6) is 0 Å². The van der Waals surface area contributed by atoms with Gasteiger partial charge < -0.3 is 9.88 Å². The maximum Gasteiger partial charge on any atom is 0.416 e. The van der Waals surface area contributed by atoms with Crippen LogP contribution >= 0.6 is 23.1 Å². The number of thiophene rings is 1. The summed E-state index contributed by atoms with van der Waals surface area (Å²) in [4.78, 5) is 14.3. The maximum atomic E-state index is 13.2. The lowest BCUT2D eigenvalue weighted by molar-refractivity contribution is -0.137. The second kappa shape index (κ2) is 9.80. The number of amides is 1. The first-order chi connectivity index (χ1) is 15.8. The van der Waals surface area contributed by atoms with Crippen LogP contribution in [0.2, 0.25) is 0 Å². The van der Waals surface area contributed by atoms with Gasteiger partial charge in [0.25, 0.3) is 0 Å². The van der Waals surface area contributed by atoms with Crippen LogP contribution in [0, 0.1) is 0 Å². The van der Waals surface area contributed by atoms with E-state index in [2.05, 4.69) is 15.5 Å². The third kappa shape index (κ3) is 5.63. The molecule has 0 aliphatic rings. The molecule has 170 valence electrons. The smallest absolute Gasteiger partial charge is 0.325 e. The second-order valence-corrected chi connectivity index (χ2v) is 9.29. The zero-order chi connectivity index (χ0) is 23.4. The van der Waals surface area contributed by atoms with Crippen LogP contribution in [0.15, 0.2) is 77.3 Å². The van der Waals surface area contributed by atoms with Gasteiger partial charge in [-0.1, -0.05) is 54.2 Å². The standard InChI is InChI=1S/C23H19F3N4OS2/c1-30-19(14-18-11-6-12-32-18)28-29-22(30)33-20(15-7-3-2-4-8-15)21(31)27-17-10-5-9-16(13-17)23(24,25)26/h2-13,20H,14H2,1H3,(H,27,31). The fourth-order valence-electron chi connectivity index (χ4n) is 3.16. The summed E-state index contributed by atoms with van der Waals surface area (Å²) < 4.78 is 41.0. The molecule has 2 aromatic heterocycles. The van der Waals surface area contributed by atoms with E-state index >= 15 is 0 Å². The molecule has 1 atom stereocenters. The van der Waals surface area contributed by atoms with E-state index in [-0.39, 0.29) is 5.69 Å². The molecular weight excluding hydrogens is 469 g/mol. The number of rotatable bonds is 7. The van der Waals surface area contributed by atoms with Gasteiger partial charge >= 0.3 is 6.18 Å². The molecule has 0 radical (unpaired) electrons. The molecule has 2 heterocycles. The molecular formula is C23H19F3N4OS2. The van der Waals surface area contributed by atoms with Gasteiger partial charge in [0.15, 0.2) is 5.16 Å². The van der Waals surface area contributed by atoms with Crippen LogP contribution in [-0.2, 0) is 24.4 Å². The highest BCUT2D eigenvalue weighted by Gasteiger charge is 2.31. The molecule has 1 amide bonds. The van der Waals surface area contributed by atoms with E-state index in [4.69, 9.17) is 0 Å². The summed E-state index contributed by atoms with van der Waals surface area (Å²) >= 11 is 2.82. The largest absolute Gasteiger partial charge is 0.416 e. The molecule has 1 unspecified atom stereocenters. The van der Waals surface area contributed by atoms with Crippen molar-refractivity contribution in [2.45, 2.75) is 23.0 Å². The Morgan fingerprint density at radius 3 is 2.58 bits per heavy atom. The van der Waals surface area contributed by atoms with Gasteiger partial charge in [-0.25, -0.2) is 0 Å². The average molecular weight is 489 g/mol. The summed E-state index contributed by atoms with van der Waals surface area (Å²) in [5, 5.41) is 12.9. The fourth-order valence-corrected chi connectivity index (χ4v) is 4.88. The zero-order valence-electron chi connectivity index (χ0n) is 17.4. The van der Waals surface area contributed by atoms with Crippen LogP contribution in [0.3, 0.4) is 0 Å². The minimum Gasteiger partial charge on any atom is -0.325 e. The first-order valence-corrected chi connectivity index (χ1v) is 11.7. The minimum absolute atomic E-state index is 0.0766. The van der Waals surface area contributed by atoms with Crippen molar-refractivity contribution < 1.29 is 18.0 Å². The lowest BCUT2D eigenvalue weighted by Crippen LogP contribution is -2.20. The number of hydrogen-bond donors (Lipinski definition) is 1. The Hall–Kier alpha value is -3.11. The number of carbonyl (C=O) groups is 1. The van der Waals surface area contributed by atoms with Gasteiger partial charge in [0, 0.05) is 24.0 Å². The Labute approximate surface area is 196 Å². The summed E-state index contributed by atoms with van der Waals surface area (Å²) in [7, 11) is 1.83. The van der Waals surface area contributed by atoms with Crippen LogP contribution in [0.1, 0.15) is 27.1 Å². The van der Waals surface area contributed by atoms with Gasteiger partial charge in [-0.05, 0) is 35.2 Å². The summed E-state index contributed by atoms with van der Waals surface area (Å²) in [6.07, 6.45) is -3.87. The molecule has 4 rings (SSSR count). The van der Waals surface area contributed by atoms with Crippen LogP contribution in [-0.4, -0.2) is 20.7 Å². The van der Waals surface area contributed by atoms with E-state index in [0.717, 1.165) is 22.8 Å². The van der Waals surface area contributed by atoms with Gasteiger partial charge in [-0.15, -0.1) is 21.5 Å². The number of nitrogens with zero attached hydrogens (tertiary/aromatic N) is 3.